The summed E-state index contributed by atoms with van der Waals surface area (Å²) in [6.07, 6.45) is 4.42. The molecule has 106 valence electrons. The quantitative estimate of drug-likeness (QED) is 0.881. The van der Waals surface area contributed by atoms with E-state index in [4.69, 9.17) is 4.74 Å². The van der Waals surface area contributed by atoms with Crippen molar-refractivity contribution in [2.45, 2.75) is 26.3 Å². The van der Waals surface area contributed by atoms with Gasteiger partial charge in [0.1, 0.15) is 5.82 Å². The molecule has 4 heteroatoms. The van der Waals surface area contributed by atoms with E-state index >= 15 is 0 Å². The molecule has 1 N–H and O–H groups in total. The molecule has 0 amide bonds. The SMILES string of the molecule is CNCc1cnc(N(C)CC2CCCOC2)c(C)c1. The maximum atomic E-state index is 5.54. The second kappa shape index (κ2) is 6.87. The van der Waals surface area contributed by atoms with Gasteiger partial charge in [-0.1, -0.05) is 0 Å². The van der Waals surface area contributed by atoms with Crippen LogP contribution in [0, 0.1) is 12.8 Å². The highest BCUT2D eigenvalue weighted by molar-refractivity contribution is 5.46. The van der Waals surface area contributed by atoms with Gasteiger partial charge in [0.25, 0.3) is 0 Å². The summed E-state index contributed by atoms with van der Waals surface area (Å²) in [5, 5.41) is 3.16. The molecule has 0 bridgehead atoms. The van der Waals surface area contributed by atoms with E-state index in [1.54, 1.807) is 0 Å². The Kier molecular flexibility index (Phi) is 5.16. The molecule has 1 aliphatic rings. The Balaban J connectivity index is 1.99. The molecule has 0 spiro atoms. The van der Waals surface area contributed by atoms with Crippen LogP contribution in [0.1, 0.15) is 24.0 Å². The van der Waals surface area contributed by atoms with Crippen LogP contribution in [-0.4, -0.2) is 38.8 Å². The number of hydrogen-bond donors (Lipinski definition) is 1. The number of anilines is 1. The first-order valence-corrected chi connectivity index (χ1v) is 7.09. The van der Waals surface area contributed by atoms with Crippen LogP contribution in [0.25, 0.3) is 0 Å². The second-order valence-corrected chi connectivity index (χ2v) is 5.48. The molecular formula is C15H25N3O. The zero-order chi connectivity index (χ0) is 13.7. The van der Waals surface area contributed by atoms with Crippen molar-refractivity contribution in [3.63, 3.8) is 0 Å². The highest BCUT2D eigenvalue weighted by Gasteiger charge is 2.17. The van der Waals surface area contributed by atoms with Crippen molar-refractivity contribution in [3.05, 3.63) is 23.4 Å². The van der Waals surface area contributed by atoms with E-state index in [0.29, 0.717) is 5.92 Å². The molecule has 1 atom stereocenters. The summed E-state index contributed by atoms with van der Waals surface area (Å²) in [5.41, 5.74) is 2.48. The van der Waals surface area contributed by atoms with Gasteiger partial charge < -0.3 is 15.0 Å². The maximum Gasteiger partial charge on any atom is 0.131 e. The highest BCUT2D eigenvalue weighted by atomic mass is 16.5. The minimum absolute atomic E-state index is 0.636. The normalized spacial score (nSPS) is 19.4. The summed E-state index contributed by atoms with van der Waals surface area (Å²) < 4.78 is 5.54. The molecule has 1 aromatic rings. The van der Waals surface area contributed by atoms with Crippen molar-refractivity contribution < 1.29 is 4.74 Å². The standard InChI is InChI=1S/C15H25N3O/c1-12-7-14(8-16-2)9-17-15(12)18(3)10-13-5-4-6-19-11-13/h7,9,13,16H,4-6,8,10-11H2,1-3H3. The predicted molar refractivity (Wildman–Crippen MR) is 78.6 cm³/mol. The van der Waals surface area contributed by atoms with Gasteiger partial charge in [0, 0.05) is 32.9 Å². The zero-order valence-electron chi connectivity index (χ0n) is 12.3. The van der Waals surface area contributed by atoms with Crippen molar-refractivity contribution >= 4 is 5.82 Å². The molecule has 1 saturated heterocycles. The van der Waals surface area contributed by atoms with Crippen molar-refractivity contribution in [2.24, 2.45) is 5.92 Å². The Morgan fingerprint density at radius 1 is 1.53 bits per heavy atom. The molecule has 0 aromatic carbocycles. The summed E-state index contributed by atoms with van der Waals surface area (Å²) >= 11 is 0. The molecule has 0 radical (unpaired) electrons. The first kappa shape index (κ1) is 14.3. The Morgan fingerprint density at radius 2 is 2.37 bits per heavy atom. The van der Waals surface area contributed by atoms with E-state index in [1.807, 2.05) is 13.2 Å². The fraction of sp³-hybridized carbons (Fsp3) is 0.667. The third-order valence-corrected chi connectivity index (χ3v) is 3.64. The van der Waals surface area contributed by atoms with E-state index in [0.717, 1.165) is 32.1 Å². The molecule has 1 aromatic heterocycles. The third kappa shape index (κ3) is 3.91. The molecule has 1 aliphatic heterocycles. The van der Waals surface area contributed by atoms with Crippen LogP contribution in [0.3, 0.4) is 0 Å². The van der Waals surface area contributed by atoms with Crippen LogP contribution in [0.2, 0.25) is 0 Å². The van der Waals surface area contributed by atoms with E-state index in [-0.39, 0.29) is 0 Å². The maximum absolute atomic E-state index is 5.54. The van der Waals surface area contributed by atoms with Gasteiger partial charge >= 0.3 is 0 Å². The van der Waals surface area contributed by atoms with E-state index in [1.165, 1.54) is 24.0 Å². The lowest BCUT2D eigenvalue weighted by Crippen LogP contribution is -2.31. The summed E-state index contributed by atoms with van der Waals surface area (Å²) in [7, 11) is 4.08. The summed E-state index contributed by atoms with van der Waals surface area (Å²) in [6, 6.07) is 2.21. The van der Waals surface area contributed by atoms with Gasteiger partial charge in [0.2, 0.25) is 0 Å². The Hall–Kier alpha value is -1.13. The molecule has 0 saturated carbocycles. The first-order chi connectivity index (χ1) is 9.20. The highest BCUT2D eigenvalue weighted by Crippen LogP contribution is 2.21. The Labute approximate surface area is 116 Å². The van der Waals surface area contributed by atoms with E-state index < -0.39 is 0 Å². The van der Waals surface area contributed by atoms with Gasteiger partial charge in [0.15, 0.2) is 0 Å². The molecule has 2 heterocycles. The number of rotatable bonds is 5. The number of aryl methyl sites for hydroxylation is 1. The van der Waals surface area contributed by atoms with Crippen LogP contribution < -0.4 is 10.2 Å². The molecule has 4 nitrogen and oxygen atoms in total. The smallest absolute Gasteiger partial charge is 0.131 e. The van der Waals surface area contributed by atoms with Crippen molar-refractivity contribution in [2.75, 3.05) is 38.8 Å². The van der Waals surface area contributed by atoms with Crippen LogP contribution in [0.5, 0.6) is 0 Å². The average Bonchev–Trinajstić information content (AvgIpc) is 2.40. The van der Waals surface area contributed by atoms with Crippen molar-refractivity contribution in [1.29, 1.82) is 0 Å². The van der Waals surface area contributed by atoms with Gasteiger partial charge in [0.05, 0.1) is 6.61 Å². The molecule has 1 unspecified atom stereocenters. The minimum Gasteiger partial charge on any atom is -0.381 e. The summed E-state index contributed by atoms with van der Waals surface area (Å²) in [6.45, 7) is 5.85. The van der Waals surface area contributed by atoms with Gasteiger partial charge in [-0.15, -0.1) is 0 Å². The van der Waals surface area contributed by atoms with Crippen LogP contribution >= 0.6 is 0 Å². The zero-order valence-corrected chi connectivity index (χ0v) is 12.3. The van der Waals surface area contributed by atoms with Crippen LogP contribution in [0.15, 0.2) is 12.3 Å². The number of nitrogens with zero attached hydrogens (tertiary/aromatic N) is 2. The topological polar surface area (TPSA) is 37.4 Å². The van der Waals surface area contributed by atoms with Crippen molar-refractivity contribution in [3.8, 4) is 0 Å². The van der Waals surface area contributed by atoms with Gasteiger partial charge in [-0.2, -0.15) is 0 Å². The van der Waals surface area contributed by atoms with Crippen LogP contribution in [-0.2, 0) is 11.3 Å². The first-order valence-electron chi connectivity index (χ1n) is 7.09. The third-order valence-electron chi connectivity index (χ3n) is 3.64. The fourth-order valence-electron chi connectivity index (χ4n) is 2.75. The molecule has 1 fully saturated rings. The van der Waals surface area contributed by atoms with Crippen LogP contribution in [0.4, 0.5) is 5.82 Å². The van der Waals surface area contributed by atoms with Crippen molar-refractivity contribution in [1.82, 2.24) is 10.3 Å². The summed E-state index contributed by atoms with van der Waals surface area (Å²) in [4.78, 5) is 6.87. The number of nitrogens with one attached hydrogen (secondary N) is 1. The Bertz CT molecular complexity index is 402. The minimum atomic E-state index is 0.636. The van der Waals surface area contributed by atoms with Gasteiger partial charge in [-0.25, -0.2) is 4.98 Å². The number of ether oxygens (including phenoxy) is 1. The lowest BCUT2D eigenvalue weighted by atomic mass is 10.0. The fourth-order valence-corrected chi connectivity index (χ4v) is 2.75. The van der Waals surface area contributed by atoms with Gasteiger partial charge in [-0.05, 0) is 49.9 Å². The average molecular weight is 263 g/mol. The molecule has 19 heavy (non-hydrogen) atoms. The predicted octanol–water partition coefficient (Wildman–Crippen LogP) is 1.97. The molecule has 2 rings (SSSR count). The van der Waals surface area contributed by atoms with E-state index in [9.17, 15) is 0 Å². The Morgan fingerprint density at radius 3 is 3.00 bits per heavy atom. The lowest BCUT2D eigenvalue weighted by molar-refractivity contribution is 0.0576. The largest absolute Gasteiger partial charge is 0.381 e. The summed E-state index contributed by atoms with van der Waals surface area (Å²) in [5.74, 6) is 1.72. The van der Waals surface area contributed by atoms with E-state index in [2.05, 4.69) is 35.2 Å². The number of aromatic nitrogens is 1. The molecule has 0 aliphatic carbocycles. The number of hydrogen-bond acceptors (Lipinski definition) is 4. The van der Waals surface area contributed by atoms with Gasteiger partial charge in [-0.3, -0.25) is 0 Å². The number of pyridine rings is 1. The lowest BCUT2D eigenvalue weighted by Gasteiger charge is -2.28. The molecular weight excluding hydrogens is 238 g/mol. The monoisotopic (exact) mass is 263 g/mol. The second-order valence-electron chi connectivity index (χ2n) is 5.48.